The maximum absolute atomic E-state index is 4.26. The van der Waals surface area contributed by atoms with Crippen LogP contribution >= 0.6 is 0 Å². The van der Waals surface area contributed by atoms with E-state index in [4.69, 9.17) is 0 Å². The Labute approximate surface area is 121 Å². The van der Waals surface area contributed by atoms with Crippen LogP contribution in [-0.4, -0.2) is 27.8 Å². The first-order valence-corrected chi connectivity index (χ1v) is 7.30. The largest absolute Gasteiger partial charge is 0.296 e. The number of likely N-dealkylation sites (tertiary alicyclic amines) is 1. The van der Waals surface area contributed by atoms with Crippen LogP contribution in [0.2, 0.25) is 0 Å². The predicted octanol–water partition coefficient (Wildman–Crippen LogP) is 3.05. The van der Waals surface area contributed by atoms with E-state index in [2.05, 4.69) is 60.2 Å². The Morgan fingerprint density at radius 1 is 1.20 bits per heavy atom. The average molecular weight is 269 g/mol. The molecule has 0 aliphatic carbocycles. The molecule has 3 rings (SSSR count). The summed E-state index contributed by atoms with van der Waals surface area (Å²) in [5.41, 5.74) is 3.07. The molecule has 3 heteroatoms. The van der Waals surface area contributed by atoms with Crippen molar-refractivity contribution in [3.8, 4) is 0 Å². The van der Waals surface area contributed by atoms with Crippen LogP contribution in [-0.2, 0) is 13.6 Å². The molecule has 0 N–H and O–H groups in total. The molecule has 0 unspecified atom stereocenters. The Kier molecular flexibility index (Phi) is 3.38. The van der Waals surface area contributed by atoms with Crippen molar-refractivity contribution in [2.45, 2.75) is 26.3 Å². The van der Waals surface area contributed by atoms with Crippen molar-refractivity contribution in [1.82, 2.24) is 14.7 Å². The van der Waals surface area contributed by atoms with Crippen LogP contribution in [0.1, 0.15) is 31.0 Å². The van der Waals surface area contributed by atoms with Crippen molar-refractivity contribution < 1.29 is 0 Å². The van der Waals surface area contributed by atoms with Gasteiger partial charge in [0, 0.05) is 38.8 Å². The highest BCUT2D eigenvalue weighted by atomic mass is 15.3. The Hall–Kier alpha value is -1.61. The van der Waals surface area contributed by atoms with E-state index in [0.717, 1.165) is 19.6 Å². The fourth-order valence-electron chi connectivity index (χ4n) is 3.40. The van der Waals surface area contributed by atoms with Crippen molar-refractivity contribution in [3.05, 3.63) is 53.9 Å². The lowest BCUT2D eigenvalue weighted by molar-refractivity contribution is 0.276. The summed E-state index contributed by atoms with van der Waals surface area (Å²) < 4.78 is 1.98. The van der Waals surface area contributed by atoms with E-state index < -0.39 is 0 Å². The zero-order chi connectivity index (χ0) is 14.2. The van der Waals surface area contributed by atoms with Gasteiger partial charge in [0.1, 0.15) is 0 Å². The van der Waals surface area contributed by atoms with Gasteiger partial charge in [0.05, 0.1) is 5.69 Å². The predicted molar refractivity (Wildman–Crippen MR) is 81.4 cm³/mol. The van der Waals surface area contributed by atoms with Gasteiger partial charge < -0.3 is 0 Å². The molecule has 20 heavy (non-hydrogen) atoms. The average Bonchev–Trinajstić information content (AvgIpc) is 2.94. The number of aryl methyl sites for hydroxylation is 1. The molecule has 0 radical (unpaired) electrons. The lowest BCUT2D eigenvalue weighted by Gasteiger charge is -2.26. The van der Waals surface area contributed by atoms with Gasteiger partial charge in [-0.2, -0.15) is 5.10 Å². The number of hydrogen-bond acceptors (Lipinski definition) is 2. The van der Waals surface area contributed by atoms with Crippen molar-refractivity contribution in [1.29, 1.82) is 0 Å². The van der Waals surface area contributed by atoms with Gasteiger partial charge in [-0.25, -0.2) is 0 Å². The van der Waals surface area contributed by atoms with E-state index >= 15 is 0 Å². The number of hydrogen-bond donors (Lipinski definition) is 0. The lowest BCUT2D eigenvalue weighted by atomic mass is 9.78. The molecule has 0 spiro atoms. The molecular formula is C17H23N3. The molecule has 106 valence electrons. The first-order chi connectivity index (χ1) is 9.56. The van der Waals surface area contributed by atoms with Gasteiger partial charge in [0.25, 0.3) is 0 Å². The lowest BCUT2D eigenvalue weighted by Crippen LogP contribution is -2.24. The zero-order valence-corrected chi connectivity index (χ0v) is 12.6. The second kappa shape index (κ2) is 5.06. The molecule has 1 aliphatic heterocycles. The highest BCUT2D eigenvalue weighted by molar-refractivity contribution is 5.24. The van der Waals surface area contributed by atoms with Crippen LogP contribution in [0.25, 0.3) is 0 Å². The SMILES string of the molecule is Cn1nccc1CN1C[C@H](c2ccccc2)C(C)(C)C1. The quantitative estimate of drug-likeness (QED) is 0.854. The third-order valence-corrected chi connectivity index (χ3v) is 4.53. The molecular weight excluding hydrogens is 246 g/mol. The van der Waals surface area contributed by atoms with E-state index in [1.54, 1.807) is 0 Å². The highest BCUT2D eigenvalue weighted by Crippen LogP contribution is 2.42. The summed E-state index contributed by atoms with van der Waals surface area (Å²) >= 11 is 0. The first kappa shape index (κ1) is 13.4. The van der Waals surface area contributed by atoms with Gasteiger partial charge in [-0.3, -0.25) is 9.58 Å². The van der Waals surface area contributed by atoms with Crippen molar-refractivity contribution in [2.75, 3.05) is 13.1 Å². The van der Waals surface area contributed by atoms with Crippen LogP contribution in [0.5, 0.6) is 0 Å². The standard InChI is InChI=1S/C17H23N3/c1-17(2)13-20(11-15-9-10-18-19(15)3)12-16(17)14-7-5-4-6-8-14/h4-10,16H,11-13H2,1-3H3/t16-/m1/s1. The molecule has 2 heterocycles. The van der Waals surface area contributed by atoms with E-state index in [-0.39, 0.29) is 0 Å². The summed E-state index contributed by atoms with van der Waals surface area (Å²) in [6, 6.07) is 13.0. The van der Waals surface area contributed by atoms with Crippen molar-refractivity contribution in [3.63, 3.8) is 0 Å². The summed E-state index contributed by atoms with van der Waals surface area (Å²) in [5, 5.41) is 4.26. The summed E-state index contributed by atoms with van der Waals surface area (Å²) in [6.07, 6.45) is 1.88. The molecule has 1 aliphatic rings. The van der Waals surface area contributed by atoms with E-state index in [0.29, 0.717) is 11.3 Å². The second-order valence-electron chi connectivity index (χ2n) is 6.57. The first-order valence-electron chi connectivity index (χ1n) is 7.30. The van der Waals surface area contributed by atoms with Crippen molar-refractivity contribution >= 4 is 0 Å². The van der Waals surface area contributed by atoms with Crippen LogP contribution in [0.3, 0.4) is 0 Å². The third-order valence-electron chi connectivity index (χ3n) is 4.53. The number of nitrogens with zero attached hydrogens (tertiary/aromatic N) is 3. The minimum Gasteiger partial charge on any atom is -0.296 e. The molecule has 0 saturated carbocycles. The monoisotopic (exact) mass is 269 g/mol. The molecule has 1 saturated heterocycles. The molecule has 0 bridgehead atoms. The molecule has 1 aromatic heterocycles. The topological polar surface area (TPSA) is 21.1 Å². The van der Waals surface area contributed by atoms with Gasteiger partial charge in [-0.05, 0) is 17.0 Å². The fraction of sp³-hybridized carbons (Fsp3) is 0.471. The summed E-state index contributed by atoms with van der Waals surface area (Å²) in [7, 11) is 2.02. The minimum atomic E-state index is 0.319. The number of rotatable bonds is 3. The van der Waals surface area contributed by atoms with E-state index in [1.165, 1.54) is 11.3 Å². The molecule has 1 aromatic carbocycles. The Bertz CT molecular complexity index is 571. The Morgan fingerprint density at radius 3 is 2.60 bits per heavy atom. The number of benzene rings is 1. The van der Waals surface area contributed by atoms with Gasteiger partial charge in [-0.1, -0.05) is 44.2 Å². The van der Waals surface area contributed by atoms with Crippen LogP contribution < -0.4 is 0 Å². The minimum absolute atomic E-state index is 0.319. The highest BCUT2D eigenvalue weighted by Gasteiger charge is 2.39. The maximum Gasteiger partial charge on any atom is 0.0521 e. The van der Waals surface area contributed by atoms with Gasteiger partial charge >= 0.3 is 0 Å². The number of aromatic nitrogens is 2. The molecule has 0 amide bonds. The van der Waals surface area contributed by atoms with E-state index in [1.807, 2.05) is 17.9 Å². The zero-order valence-electron chi connectivity index (χ0n) is 12.6. The van der Waals surface area contributed by atoms with Gasteiger partial charge in [0.15, 0.2) is 0 Å². The smallest absolute Gasteiger partial charge is 0.0521 e. The normalized spacial score (nSPS) is 22.2. The molecule has 1 fully saturated rings. The molecule has 2 aromatic rings. The van der Waals surface area contributed by atoms with Gasteiger partial charge in [0.2, 0.25) is 0 Å². The second-order valence-corrected chi connectivity index (χ2v) is 6.57. The summed E-state index contributed by atoms with van der Waals surface area (Å²) in [4.78, 5) is 2.55. The van der Waals surface area contributed by atoms with Crippen LogP contribution in [0, 0.1) is 5.41 Å². The molecule has 3 nitrogen and oxygen atoms in total. The van der Waals surface area contributed by atoms with Crippen molar-refractivity contribution in [2.24, 2.45) is 12.5 Å². The molecule has 1 atom stereocenters. The Morgan fingerprint density at radius 2 is 1.95 bits per heavy atom. The maximum atomic E-state index is 4.26. The fourth-order valence-corrected chi connectivity index (χ4v) is 3.40. The van der Waals surface area contributed by atoms with Crippen LogP contribution in [0.4, 0.5) is 0 Å². The van der Waals surface area contributed by atoms with Gasteiger partial charge in [-0.15, -0.1) is 0 Å². The summed E-state index contributed by atoms with van der Waals surface area (Å²) in [6.45, 7) is 8.02. The van der Waals surface area contributed by atoms with E-state index in [9.17, 15) is 0 Å². The third kappa shape index (κ3) is 2.50. The van der Waals surface area contributed by atoms with Crippen LogP contribution in [0.15, 0.2) is 42.6 Å². The Balaban J connectivity index is 1.77. The summed E-state index contributed by atoms with van der Waals surface area (Å²) in [5.74, 6) is 0.608.